The molecule has 2 rings (SSSR count). The van der Waals surface area contributed by atoms with Crippen LogP contribution >= 0.6 is 0 Å². The van der Waals surface area contributed by atoms with E-state index in [1.165, 1.54) is 31.9 Å². The van der Waals surface area contributed by atoms with Crippen molar-refractivity contribution >= 4 is 13.4 Å². The molecule has 0 radical (unpaired) electrons. The van der Waals surface area contributed by atoms with Gasteiger partial charge in [0.1, 0.15) is 13.4 Å². The van der Waals surface area contributed by atoms with Crippen molar-refractivity contribution in [1.29, 1.82) is 0 Å². The predicted molar refractivity (Wildman–Crippen MR) is 67.9 cm³/mol. The van der Waals surface area contributed by atoms with Gasteiger partial charge in [0.05, 0.1) is 0 Å². The molecule has 2 aliphatic rings. The molecule has 2 atom stereocenters. The molecule has 0 nitrogen and oxygen atoms in total. The summed E-state index contributed by atoms with van der Waals surface area (Å²) in [5.41, 5.74) is 0. The van der Waals surface area contributed by atoms with E-state index in [-0.39, 0.29) is 0 Å². The summed E-state index contributed by atoms with van der Waals surface area (Å²) in [6, 6.07) is 0. The second-order valence-electron chi connectivity index (χ2n) is 6.29. The SMILES string of the molecule is CB(C)CC1CC1B(C)CCC1CC1. The minimum absolute atomic E-state index is 0.917. The van der Waals surface area contributed by atoms with Crippen molar-refractivity contribution in [1.82, 2.24) is 0 Å². The molecular formula is C12H24B2. The molecule has 0 aromatic rings. The molecule has 2 heteroatoms. The molecule has 0 bridgehead atoms. The second kappa shape index (κ2) is 4.33. The van der Waals surface area contributed by atoms with Gasteiger partial charge in [0, 0.05) is 0 Å². The van der Waals surface area contributed by atoms with Crippen molar-refractivity contribution in [2.45, 2.75) is 64.6 Å². The van der Waals surface area contributed by atoms with E-state index in [9.17, 15) is 0 Å². The van der Waals surface area contributed by atoms with Gasteiger partial charge in [0.2, 0.25) is 0 Å². The summed E-state index contributed by atoms with van der Waals surface area (Å²) in [4.78, 5) is 0. The molecule has 0 aromatic carbocycles. The average molecular weight is 190 g/mol. The highest BCUT2D eigenvalue weighted by atomic mass is 14.3. The molecule has 0 amide bonds. The Balaban J connectivity index is 1.59. The van der Waals surface area contributed by atoms with Crippen LogP contribution in [0.15, 0.2) is 0 Å². The van der Waals surface area contributed by atoms with Gasteiger partial charge in [0.25, 0.3) is 0 Å². The summed E-state index contributed by atoms with van der Waals surface area (Å²) in [5.74, 6) is 3.35. The van der Waals surface area contributed by atoms with E-state index in [0.29, 0.717) is 0 Å². The molecular weight excluding hydrogens is 166 g/mol. The standard InChI is InChI=1S/C12H24B2/c1-13(2)9-11-8-12(11)14(3)7-6-10-4-5-10/h10-12H,4-9H2,1-3H3. The summed E-state index contributed by atoms with van der Waals surface area (Å²) in [7, 11) is 0. The molecule has 78 valence electrons. The first kappa shape index (κ1) is 10.6. The van der Waals surface area contributed by atoms with Crippen LogP contribution in [0.3, 0.4) is 0 Å². The first-order valence-corrected chi connectivity index (χ1v) is 6.66. The highest BCUT2D eigenvalue weighted by molar-refractivity contribution is 6.61. The van der Waals surface area contributed by atoms with E-state index in [1.807, 2.05) is 0 Å². The quantitative estimate of drug-likeness (QED) is 0.554. The van der Waals surface area contributed by atoms with Gasteiger partial charge in [0.15, 0.2) is 0 Å². The maximum atomic E-state index is 2.49. The van der Waals surface area contributed by atoms with Crippen LogP contribution in [0.5, 0.6) is 0 Å². The number of rotatable bonds is 6. The minimum Gasteiger partial charge on any atom is -0.0863 e. The van der Waals surface area contributed by atoms with E-state index in [2.05, 4.69) is 20.5 Å². The Hall–Kier alpha value is 0.130. The highest BCUT2D eigenvalue weighted by Crippen LogP contribution is 2.51. The number of hydrogen-bond acceptors (Lipinski definition) is 0. The van der Waals surface area contributed by atoms with Gasteiger partial charge < -0.3 is 0 Å². The van der Waals surface area contributed by atoms with Crippen LogP contribution in [-0.4, -0.2) is 13.4 Å². The summed E-state index contributed by atoms with van der Waals surface area (Å²) in [6.45, 7) is 9.17. The molecule has 2 aliphatic carbocycles. The maximum absolute atomic E-state index is 2.49. The average Bonchev–Trinajstić information content (AvgIpc) is 2.93. The molecule has 14 heavy (non-hydrogen) atoms. The molecule has 2 unspecified atom stereocenters. The van der Waals surface area contributed by atoms with Gasteiger partial charge in [-0.3, -0.25) is 0 Å². The fourth-order valence-electron chi connectivity index (χ4n) is 2.96. The van der Waals surface area contributed by atoms with E-state index in [4.69, 9.17) is 0 Å². The van der Waals surface area contributed by atoms with Crippen LogP contribution < -0.4 is 0 Å². The van der Waals surface area contributed by atoms with Crippen LogP contribution in [0, 0.1) is 11.8 Å². The van der Waals surface area contributed by atoms with Gasteiger partial charge in [-0.25, -0.2) is 0 Å². The van der Waals surface area contributed by atoms with Gasteiger partial charge >= 0.3 is 0 Å². The molecule has 2 saturated carbocycles. The molecule has 0 saturated heterocycles. The number of hydrogen-bond donors (Lipinski definition) is 0. The van der Waals surface area contributed by atoms with Gasteiger partial charge in [-0.15, -0.1) is 0 Å². The Morgan fingerprint density at radius 1 is 1.14 bits per heavy atom. The Morgan fingerprint density at radius 3 is 2.43 bits per heavy atom. The summed E-state index contributed by atoms with van der Waals surface area (Å²) < 4.78 is 0. The topological polar surface area (TPSA) is 0 Å². The summed E-state index contributed by atoms with van der Waals surface area (Å²) in [5, 5.41) is 0. The summed E-state index contributed by atoms with van der Waals surface area (Å²) >= 11 is 0. The van der Waals surface area contributed by atoms with Crippen LogP contribution in [0.1, 0.15) is 25.7 Å². The van der Waals surface area contributed by atoms with E-state index in [1.54, 1.807) is 6.42 Å². The van der Waals surface area contributed by atoms with E-state index in [0.717, 1.165) is 31.1 Å². The van der Waals surface area contributed by atoms with Crippen molar-refractivity contribution in [2.75, 3.05) is 0 Å². The van der Waals surface area contributed by atoms with Crippen LogP contribution in [0.2, 0.25) is 38.9 Å². The fraction of sp³-hybridized carbons (Fsp3) is 1.00. The van der Waals surface area contributed by atoms with Crippen LogP contribution in [-0.2, 0) is 0 Å². The molecule has 0 heterocycles. The van der Waals surface area contributed by atoms with Gasteiger partial charge in [-0.1, -0.05) is 70.5 Å². The van der Waals surface area contributed by atoms with Crippen molar-refractivity contribution < 1.29 is 0 Å². The zero-order valence-electron chi connectivity index (χ0n) is 10.1. The second-order valence-corrected chi connectivity index (χ2v) is 6.29. The highest BCUT2D eigenvalue weighted by Gasteiger charge is 2.42. The smallest absolute Gasteiger partial charge is 0.0863 e. The lowest BCUT2D eigenvalue weighted by molar-refractivity contribution is 0.786. The van der Waals surface area contributed by atoms with E-state index >= 15 is 0 Å². The monoisotopic (exact) mass is 190 g/mol. The van der Waals surface area contributed by atoms with Crippen LogP contribution in [0.25, 0.3) is 0 Å². The lowest BCUT2D eigenvalue weighted by Crippen LogP contribution is -2.09. The Morgan fingerprint density at radius 2 is 1.86 bits per heavy atom. The first-order valence-electron chi connectivity index (χ1n) is 6.66. The molecule has 0 spiro atoms. The van der Waals surface area contributed by atoms with Gasteiger partial charge in [-0.2, -0.15) is 0 Å². The summed E-state index contributed by atoms with van der Waals surface area (Å²) in [6.07, 6.45) is 9.15. The molecule has 2 fully saturated rings. The Bertz CT molecular complexity index is 187. The zero-order chi connectivity index (χ0) is 10.1. The third-order valence-electron chi connectivity index (χ3n) is 4.21. The van der Waals surface area contributed by atoms with Crippen molar-refractivity contribution in [3.05, 3.63) is 0 Å². The van der Waals surface area contributed by atoms with E-state index < -0.39 is 0 Å². The maximum Gasteiger partial charge on any atom is 0.140 e. The lowest BCUT2D eigenvalue weighted by Gasteiger charge is -2.07. The van der Waals surface area contributed by atoms with Gasteiger partial charge in [-0.05, 0) is 5.92 Å². The first-order chi connectivity index (χ1) is 6.66. The van der Waals surface area contributed by atoms with Crippen molar-refractivity contribution in [2.24, 2.45) is 11.8 Å². The van der Waals surface area contributed by atoms with Crippen LogP contribution in [0.4, 0.5) is 0 Å². The van der Waals surface area contributed by atoms with Crippen molar-refractivity contribution in [3.8, 4) is 0 Å². The fourth-order valence-corrected chi connectivity index (χ4v) is 2.96. The Labute approximate surface area is 90.4 Å². The minimum atomic E-state index is 0.917. The molecule has 0 aromatic heterocycles. The zero-order valence-corrected chi connectivity index (χ0v) is 10.1. The third kappa shape index (κ3) is 3.07. The Kier molecular flexibility index (Phi) is 3.29. The van der Waals surface area contributed by atoms with Crippen molar-refractivity contribution in [3.63, 3.8) is 0 Å². The normalized spacial score (nSPS) is 30.2. The predicted octanol–water partition coefficient (Wildman–Crippen LogP) is 4.06. The molecule has 0 aliphatic heterocycles. The largest absolute Gasteiger partial charge is 0.140 e. The lowest BCUT2D eigenvalue weighted by atomic mass is 9.42. The molecule has 0 N–H and O–H groups in total. The third-order valence-corrected chi connectivity index (χ3v) is 4.21.